The van der Waals surface area contributed by atoms with Gasteiger partial charge in [0.25, 0.3) is 0 Å². The first-order valence-electron chi connectivity index (χ1n) is 4.78. The zero-order valence-corrected chi connectivity index (χ0v) is 8.65. The molecule has 0 radical (unpaired) electrons. The van der Waals surface area contributed by atoms with E-state index in [0.717, 1.165) is 6.07 Å². The quantitative estimate of drug-likeness (QED) is 0.812. The number of nitrogen functional groups attached to an aromatic ring is 1. The molecule has 0 aliphatic rings. The number of halogens is 2. The zero-order valence-electron chi connectivity index (χ0n) is 8.65. The molecule has 3 nitrogen and oxygen atoms in total. The van der Waals surface area contributed by atoms with Gasteiger partial charge in [0, 0.05) is 22.9 Å². The second-order valence-corrected chi connectivity index (χ2v) is 3.42. The number of carbonyl (C=O) groups excluding carboxylic acids is 1. The molecule has 2 aromatic rings. The molecule has 0 saturated heterocycles. The van der Waals surface area contributed by atoms with Crippen LogP contribution in [-0.2, 0) is 0 Å². The summed E-state index contributed by atoms with van der Waals surface area (Å²) in [5.74, 6) is -1.84. The van der Waals surface area contributed by atoms with E-state index < -0.39 is 11.6 Å². The highest BCUT2D eigenvalue weighted by Gasteiger charge is 2.13. The fourth-order valence-corrected chi connectivity index (χ4v) is 1.52. The molecule has 0 unspecified atom stereocenters. The summed E-state index contributed by atoms with van der Waals surface area (Å²) in [6.07, 6.45) is 1.77. The van der Waals surface area contributed by atoms with E-state index in [9.17, 15) is 13.6 Å². The summed E-state index contributed by atoms with van der Waals surface area (Å²) in [5.41, 5.74) is 5.78. The molecular weight excluding hydrogens is 226 g/mol. The highest BCUT2D eigenvalue weighted by Crippen LogP contribution is 2.27. The van der Waals surface area contributed by atoms with Gasteiger partial charge in [-0.25, -0.2) is 13.8 Å². The van der Waals surface area contributed by atoms with E-state index in [1.54, 1.807) is 0 Å². The first-order valence-corrected chi connectivity index (χ1v) is 4.78. The summed E-state index contributed by atoms with van der Waals surface area (Å²) in [6.45, 7) is 0. The van der Waals surface area contributed by atoms with E-state index in [1.165, 1.54) is 24.4 Å². The Labute approximate surface area is 95.9 Å². The van der Waals surface area contributed by atoms with Crippen LogP contribution in [0.3, 0.4) is 0 Å². The molecule has 0 aliphatic carbocycles. The van der Waals surface area contributed by atoms with Crippen molar-refractivity contribution in [1.82, 2.24) is 4.98 Å². The van der Waals surface area contributed by atoms with Crippen molar-refractivity contribution in [1.29, 1.82) is 0 Å². The molecule has 17 heavy (non-hydrogen) atoms. The number of carbonyl (C=O) groups is 1. The molecule has 1 aromatic heterocycles. The number of benzene rings is 1. The Morgan fingerprint density at radius 1 is 1.24 bits per heavy atom. The molecule has 2 N–H and O–H groups in total. The lowest BCUT2D eigenvalue weighted by atomic mass is 10.0. The average Bonchev–Trinajstić information content (AvgIpc) is 2.33. The molecule has 86 valence electrons. The fourth-order valence-electron chi connectivity index (χ4n) is 1.52. The van der Waals surface area contributed by atoms with Crippen LogP contribution in [0.2, 0.25) is 0 Å². The van der Waals surface area contributed by atoms with Crippen molar-refractivity contribution in [3.63, 3.8) is 0 Å². The van der Waals surface area contributed by atoms with Gasteiger partial charge in [0.05, 0.1) is 0 Å². The van der Waals surface area contributed by atoms with Gasteiger partial charge in [-0.1, -0.05) is 12.1 Å². The molecule has 0 bridgehead atoms. The van der Waals surface area contributed by atoms with Crippen molar-refractivity contribution >= 4 is 12.1 Å². The molecule has 0 fully saturated rings. The Kier molecular flexibility index (Phi) is 2.82. The molecule has 0 aliphatic heterocycles. The van der Waals surface area contributed by atoms with E-state index in [1.807, 2.05) is 0 Å². The number of hydrogen-bond acceptors (Lipinski definition) is 3. The van der Waals surface area contributed by atoms with Crippen LogP contribution in [0.15, 0.2) is 30.5 Å². The second-order valence-electron chi connectivity index (χ2n) is 3.42. The van der Waals surface area contributed by atoms with Crippen molar-refractivity contribution in [3.05, 3.63) is 47.7 Å². The smallest absolute Gasteiger partial charge is 0.166 e. The number of nitrogens with zero attached hydrogens (tertiary/aromatic N) is 1. The largest absolute Gasteiger partial charge is 0.384 e. The number of rotatable bonds is 2. The van der Waals surface area contributed by atoms with E-state index in [4.69, 9.17) is 5.73 Å². The van der Waals surface area contributed by atoms with Gasteiger partial charge < -0.3 is 5.73 Å². The summed E-state index contributed by atoms with van der Waals surface area (Å²) >= 11 is 0. The van der Waals surface area contributed by atoms with Gasteiger partial charge >= 0.3 is 0 Å². The summed E-state index contributed by atoms with van der Waals surface area (Å²) in [7, 11) is 0. The van der Waals surface area contributed by atoms with Crippen LogP contribution >= 0.6 is 0 Å². The van der Waals surface area contributed by atoms with Crippen LogP contribution < -0.4 is 5.73 Å². The third-order valence-electron chi connectivity index (χ3n) is 2.33. The molecule has 0 saturated carbocycles. The van der Waals surface area contributed by atoms with Crippen LogP contribution in [0.25, 0.3) is 11.1 Å². The highest BCUT2D eigenvalue weighted by molar-refractivity contribution is 5.88. The van der Waals surface area contributed by atoms with E-state index in [2.05, 4.69) is 4.98 Å². The molecule has 0 spiro atoms. The monoisotopic (exact) mass is 234 g/mol. The van der Waals surface area contributed by atoms with Gasteiger partial charge in [-0.3, -0.25) is 4.79 Å². The third kappa shape index (κ3) is 1.99. The maximum absolute atomic E-state index is 13.6. The van der Waals surface area contributed by atoms with Gasteiger partial charge in [-0.2, -0.15) is 0 Å². The Balaban J connectivity index is 2.68. The summed E-state index contributed by atoms with van der Waals surface area (Å²) in [6, 6.07) is 5.05. The number of anilines is 1. The first-order chi connectivity index (χ1) is 8.13. The molecule has 0 atom stereocenters. The second kappa shape index (κ2) is 4.29. The van der Waals surface area contributed by atoms with E-state index >= 15 is 0 Å². The zero-order chi connectivity index (χ0) is 12.4. The number of hydrogen-bond donors (Lipinski definition) is 1. The van der Waals surface area contributed by atoms with Crippen molar-refractivity contribution in [2.45, 2.75) is 0 Å². The Morgan fingerprint density at radius 2 is 2.00 bits per heavy atom. The topological polar surface area (TPSA) is 56.0 Å². The minimum Gasteiger partial charge on any atom is -0.384 e. The van der Waals surface area contributed by atoms with Crippen LogP contribution in [-0.4, -0.2) is 11.3 Å². The predicted molar refractivity (Wildman–Crippen MR) is 59.4 cm³/mol. The van der Waals surface area contributed by atoms with Crippen LogP contribution in [0.1, 0.15) is 10.4 Å². The number of nitrogens with two attached hydrogens (primary N) is 1. The SMILES string of the molecule is Nc1cc(C=O)c(-c2cccc(F)c2F)cn1. The van der Waals surface area contributed by atoms with E-state index in [0.29, 0.717) is 6.29 Å². The minimum atomic E-state index is -1.01. The minimum absolute atomic E-state index is 0.0143. The van der Waals surface area contributed by atoms with Crippen molar-refractivity contribution < 1.29 is 13.6 Å². The van der Waals surface area contributed by atoms with Crippen molar-refractivity contribution in [2.75, 3.05) is 5.73 Å². The van der Waals surface area contributed by atoms with Gasteiger partial charge in [0.2, 0.25) is 0 Å². The van der Waals surface area contributed by atoms with Crippen LogP contribution in [0.5, 0.6) is 0 Å². The van der Waals surface area contributed by atoms with Crippen molar-refractivity contribution in [3.8, 4) is 11.1 Å². The number of pyridine rings is 1. The Morgan fingerprint density at radius 3 is 2.71 bits per heavy atom. The molecule has 1 heterocycles. The lowest BCUT2D eigenvalue weighted by Crippen LogP contribution is -1.97. The average molecular weight is 234 g/mol. The standard InChI is InChI=1S/C12H8F2N2O/c13-10-3-1-2-8(12(10)14)9-5-16-11(15)4-7(9)6-17/h1-6H,(H2,15,16). The maximum atomic E-state index is 13.6. The van der Waals surface area contributed by atoms with Gasteiger partial charge in [0.1, 0.15) is 5.82 Å². The van der Waals surface area contributed by atoms with Gasteiger partial charge in [-0.05, 0) is 12.1 Å². The molecule has 2 rings (SSSR count). The Hall–Kier alpha value is -2.30. The lowest BCUT2D eigenvalue weighted by Gasteiger charge is -2.06. The van der Waals surface area contributed by atoms with Gasteiger partial charge in [-0.15, -0.1) is 0 Å². The van der Waals surface area contributed by atoms with Gasteiger partial charge in [0.15, 0.2) is 17.9 Å². The van der Waals surface area contributed by atoms with E-state index in [-0.39, 0.29) is 22.5 Å². The third-order valence-corrected chi connectivity index (χ3v) is 2.33. The highest BCUT2D eigenvalue weighted by atomic mass is 19.2. The summed E-state index contributed by atoms with van der Waals surface area (Å²) in [4.78, 5) is 14.6. The number of aldehydes is 1. The molecular formula is C12H8F2N2O. The predicted octanol–water partition coefficient (Wildman–Crippen LogP) is 2.42. The first kappa shape index (κ1) is 11.2. The summed E-state index contributed by atoms with van der Waals surface area (Å²) < 4.78 is 26.6. The van der Waals surface area contributed by atoms with Crippen molar-refractivity contribution in [2.24, 2.45) is 0 Å². The molecule has 5 heteroatoms. The maximum Gasteiger partial charge on any atom is 0.166 e. The lowest BCUT2D eigenvalue weighted by molar-refractivity contribution is 0.112. The summed E-state index contributed by atoms with van der Waals surface area (Å²) in [5, 5.41) is 0. The number of aromatic nitrogens is 1. The van der Waals surface area contributed by atoms with Crippen LogP contribution in [0.4, 0.5) is 14.6 Å². The van der Waals surface area contributed by atoms with Crippen LogP contribution in [0, 0.1) is 11.6 Å². The molecule has 1 aromatic carbocycles. The molecule has 0 amide bonds. The Bertz CT molecular complexity index is 585. The fraction of sp³-hybridized carbons (Fsp3) is 0. The normalized spacial score (nSPS) is 10.2.